The second-order valence-electron chi connectivity index (χ2n) is 3.19. The summed E-state index contributed by atoms with van der Waals surface area (Å²) in [5.41, 5.74) is 4.42. The molecule has 1 heteroatoms. The van der Waals surface area contributed by atoms with Crippen molar-refractivity contribution in [2.75, 3.05) is 6.54 Å². The number of hydrogen-bond donors (Lipinski definition) is 1. The molecule has 0 fully saturated rings. The van der Waals surface area contributed by atoms with Gasteiger partial charge in [0.25, 0.3) is 0 Å². The normalized spacial score (nSPS) is 15.8. The van der Waals surface area contributed by atoms with E-state index in [4.69, 9.17) is 0 Å². The van der Waals surface area contributed by atoms with E-state index >= 15 is 0 Å². The van der Waals surface area contributed by atoms with Crippen LogP contribution >= 0.6 is 0 Å². The molecule has 1 nitrogen and oxygen atoms in total. The maximum atomic E-state index is 3.27. The second kappa shape index (κ2) is 3.28. The summed E-state index contributed by atoms with van der Waals surface area (Å²) in [6.07, 6.45) is 2.33. The molecular formula is C11H14N. The van der Waals surface area contributed by atoms with E-state index in [-0.39, 0.29) is 0 Å². The second-order valence-corrected chi connectivity index (χ2v) is 3.19. The van der Waals surface area contributed by atoms with Crippen LogP contribution in [0, 0.1) is 6.54 Å². The molecule has 0 amide bonds. The Labute approximate surface area is 73.8 Å². The highest BCUT2D eigenvalue weighted by atomic mass is 14.9. The van der Waals surface area contributed by atoms with E-state index < -0.39 is 0 Å². The molecule has 1 radical (unpaired) electrons. The third-order valence-electron chi connectivity index (χ3n) is 2.47. The topological polar surface area (TPSA) is 12.0 Å². The van der Waals surface area contributed by atoms with Crippen LogP contribution in [0.4, 0.5) is 0 Å². The third kappa shape index (κ3) is 1.25. The molecule has 1 aliphatic heterocycles. The largest absolute Gasteiger partial charge is 0.308 e. The van der Waals surface area contributed by atoms with Gasteiger partial charge in [0.05, 0.1) is 6.54 Å². The van der Waals surface area contributed by atoms with Crippen molar-refractivity contribution in [1.82, 2.24) is 5.32 Å². The molecular weight excluding hydrogens is 146 g/mol. The van der Waals surface area contributed by atoms with Gasteiger partial charge in [-0.3, -0.25) is 0 Å². The maximum absolute atomic E-state index is 3.27. The highest BCUT2D eigenvalue weighted by Gasteiger charge is 2.10. The van der Waals surface area contributed by atoms with Crippen molar-refractivity contribution >= 4 is 0 Å². The van der Waals surface area contributed by atoms with Gasteiger partial charge in [0.15, 0.2) is 0 Å². The van der Waals surface area contributed by atoms with Gasteiger partial charge in [0, 0.05) is 0 Å². The first-order valence-electron chi connectivity index (χ1n) is 4.59. The zero-order valence-corrected chi connectivity index (χ0v) is 7.43. The van der Waals surface area contributed by atoms with Gasteiger partial charge in [-0.1, -0.05) is 25.1 Å². The maximum Gasteiger partial charge on any atom is 0.0521 e. The summed E-state index contributed by atoms with van der Waals surface area (Å²) in [7, 11) is 0. The van der Waals surface area contributed by atoms with Crippen LogP contribution in [0.5, 0.6) is 0 Å². The predicted octanol–water partition coefficient (Wildman–Crippen LogP) is 1.90. The average Bonchev–Trinajstić information content (AvgIpc) is 2.17. The summed E-state index contributed by atoms with van der Waals surface area (Å²) in [5, 5.41) is 3.27. The van der Waals surface area contributed by atoms with Gasteiger partial charge in [-0.05, 0) is 36.1 Å². The first kappa shape index (κ1) is 7.81. The molecule has 0 saturated carbocycles. The molecule has 63 valence electrons. The fourth-order valence-electron chi connectivity index (χ4n) is 1.81. The van der Waals surface area contributed by atoms with Gasteiger partial charge in [-0.2, -0.15) is 0 Å². The van der Waals surface area contributed by atoms with Crippen LogP contribution in [0.3, 0.4) is 0 Å². The lowest BCUT2D eigenvalue weighted by Gasteiger charge is -2.19. The Bertz CT molecular complexity index is 264. The molecule has 1 aromatic rings. The number of rotatable bonds is 1. The van der Waals surface area contributed by atoms with Crippen LogP contribution in [0.25, 0.3) is 0 Å². The standard InChI is InChI=1S/C11H14N/c1-2-9-4-3-5-10-8-12-7-6-11(9)10/h3-5,8,12H,2,6-7H2,1H3. The highest BCUT2D eigenvalue weighted by molar-refractivity contribution is 5.40. The Morgan fingerprint density at radius 3 is 3.17 bits per heavy atom. The van der Waals surface area contributed by atoms with Crippen LogP contribution in [-0.4, -0.2) is 6.54 Å². The van der Waals surface area contributed by atoms with Crippen molar-refractivity contribution in [2.45, 2.75) is 19.8 Å². The Morgan fingerprint density at radius 2 is 2.33 bits per heavy atom. The van der Waals surface area contributed by atoms with E-state index in [2.05, 4.69) is 37.0 Å². The number of benzene rings is 1. The summed E-state index contributed by atoms with van der Waals surface area (Å²) >= 11 is 0. The molecule has 0 atom stereocenters. The zero-order chi connectivity index (χ0) is 8.39. The lowest BCUT2D eigenvalue weighted by Crippen LogP contribution is -2.22. The molecule has 1 N–H and O–H groups in total. The molecule has 0 aromatic heterocycles. The minimum absolute atomic E-state index is 1.09. The summed E-state index contributed by atoms with van der Waals surface area (Å²) in [6, 6.07) is 6.56. The molecule has 0 bridgehead atoms. The lowest BCUT2D eigenvalue weighted by atomic mass is 9.94. The van der Waals surface area contributed by atoms with Crippen LogP contribution < -0.4 is 5.32 Å². The van der Waals surface area contributed by atoms with Crippen molar-refractivity contribution in [3.63, 3.8) is 0 Å². The van der Waals surface area contributed by atoms with Crippen molar-refractivity contribution < 1.29 is 0 Å². The first-order valence-corrected chi connectivity index (χ1v) is 4.59. The molecule has 0 aliphatic carbocycles. The Kier molecular flexibility index (Phi) is 2.13. The van der Waals surface area contributed by atoms with Crippen LogP contribution in [0.1, 0.15) is 23.6 Å². The molecule has 1 aliphatic rings. The van der Waals surface area contributed by atoms with Gasteiger partial charge in [-0.15, -0.1) is 0 Å². The zero-order valence-electron chi connectivity index (χ0n) is 7.43. The monoisotopic (exact) mass is 160 g/mol. The molecule has 1 aromatic carbocycles. The molecule has 2 rings (SSSR count). The minimum Gasteiger partial charge on any atom is -0.308 e. The molecule has 1 heterocycles. The Morgan fingerprint density at radius 1 is 1.42 bits per heavy atom. The number of nitrogens with one attached hydrogen (secondary N) is 1. The van der Waals surface area contributed by atoms with Gasteiger partial charge in [-0.25, -0.2) is 0 Å². The minimum atomic E-state index is 1.09. The number of aryl methyl sites for hydroxylation is 1. The van der Waals surface area contributed by atoms with E-state index in [0.717, 1.165) is 13.0 Å². The first-order chi connectivity index (χ1) is 5.92. The van der Waals surface area contributed by atoms with E-state index in [1.54, 1.807) is 5.56 Å². The lowest BCUT2D eigenvalue weighted by molar-refractivity contribution is 0.744. The predicted molar refractivity (Wildman–Crippen MR) is 50.9 cm³/mol. The van der Waals surface area contributed by atoms with Gasteiger partial charge in [0.1, 0.15) is 0 Å². The van der Waals surface area contributed by atoms with Crippen molar-refractivity contribution in [1.29, 1.82) is 0 Å². The SMILES string of the molecule is CCc1cccc2c1CCN[CH]2. The quantitative estimate of drug-likeness (QED) is 0.661. The average molecular weight is 160 g/mol. The van der Waals surface area contributed by atoms with Gasteiger partial charge in [0.2, 0.25) is 0 Å². The highest BCUT2D eigenvalue weighted by Crippen LogP contribution is 2.19. The fourth-order valence-corrected chi connectivity index (χ4v) is 1.81. The molecule has 0 spiro atoms. The van der Waals surface area contributed by atoms with E-state index in [1.807, 2.05) is 0 Å². The Hall–Kier alpha value is -0.820. The van der Waals surface area contributed by atoms with Crippen molar-refractivity contribution in [3.05, 3.63) is 41.4 Å². The van der Waals surface area contributed by atoms with Crippen LogP contribution in [0.2, 0.25) is 0 Å². The van der Waals surface area contributed by atoms with Gasteiger partial charge >= 0.3 is 0 Å². The van der Waals surface area contributed by atoms with E-state index in [0.29, 0.717) is 0 Å². The summed E-state index contributed by atoms with van der Waals surface area (Å²) in [6.45, 7) is 5.43. The van der Waals surface area contributed by atoms with Crippen LogP contribution in [0.15, 0.2) is 18.2 Å². The van der Waals surface area contributed by atoms with E-state index in [9.17, 15) is 0 Å². The fraction of sp³-hybridized carbons (Fsp3) is 0.364. The Balaban J connectivity index is 2.44. The molecule has 12 heavy (non-hydrogen) atoms. The van der Waals surface area contributed by atoms with Crippen molar-refractivity contribution in [3.8, 4) is 0 Å². The number of fused-ring (bicyclic) bond motifs is 1. The van der Waals surface area contributed by atoms with Crippen LogP contribution in [-0.2, 0) is 12.8 Å². The van der Waals surface area contributed by atoms with Crippen molar-refractivity contribution in [2.24, 2.45) is 0 Å². The molecule has 0 unspecified atom stereocenters. The smallest absolute Gasteiger partial charge is 0.0521 e. The third-order valence-corrected chi connectivity index (χ3v) is 2.47. The number of hydrogen-bond acceptors (Lipinski definition) is 1. The summed E-state index contributed by atoms with van der Waals surface area (Å²) in [5.74, 6) is 0. The summed E-state index contributed by atoms with van der Waals surface area (Å²) < 4.78 is 0. The molecule has 0 saturated heterocycles. The van der Waals surface area contributed by atoms with Gasteiger partial charge < -0.3 is 5.32 Å². The van der Waals surface area contributed by atoms with E-state index in [1.165, 1.54) is 17.5 Å². The summed E-state index contributed by atoms with van der Waals surface area (Å²) in [4.78, 5) is 0.